The number of rotatable bonds is 43. The van der Waals surface area contributed by atoms with Crippen molar-refractivity contribution in [2.24, 2.45) is 5.73 Å². The summed E-state index contributed by atoms with van der Waals surface area (Å²) in [7, 11) is -4.61. The number of hydrogen-bond donors (Lipinski definition) is 3. The van der Waals surface area contributed by atoms with Crippen molar-refractivity contribution in [3.05, 3.63) is 12.2 Å². The lowest BCUT2D eigenvalue weighted by Gasteiger charge is -2.20. The number of esters is 1. The second-order valence-corrected chi connectivity index (χ2v) is 16.6. The molecule has 0 amide bonds. The van der Waals surface area contributed by atoms with Crippen LogP contribution < -0.4 is 5.73 Å². The Morgan fingerprint density at radius 3 is 1.41 bits per heavy atom. The third-order valence-electron chi connectivity index (χ3n) is 9.79. The van der Waals surface area contributed by atoms with Crippen molar-refractivity contribution < 1.29 is 42.7 Å². The Bertz CT molecular complexity index is 919. The van der Waals surface area contributed by atoms with Crippen molar-refractivity contribution in [1.82, 2.24) is 0 Å². The number of carbonyl (C=O) groups excluding carboxylic acids is 1. The van der Waals surface area contributed by atoms with Gasteiger partial charge in [0.05, 0.1) is 19.8 Å². The molecule has 3 atom stereocenters. The number of carboxylic acid groups (broad SMARTS) is 1. The lowest BCUT2D eigenvalue weighted by Crippen LogP contribution is -2.34. The SMILES string of the molecule is CCCCCCCC/C=C\CCCCCCCCCC(=O)OC(COCCCCCCCCCCCCCCCCC)COP(=O)(O)OCC(N)C(=O)O. The maximum absolute atomic E-state index is 12.6. The first-order chi connectivity index (χ1) is 26.2. The molecule has 320 valence electrons. The molecule has 0 saturated heterocycles. The summed E-state index contributed by atoms with van der Waals surface area (Å²) in [5.41, 5.74) is 5.36. The highest BCUT2D eigenvalue weighted by Gasteiger charge is 2.27. The normalized spacial score (nSPS) is 14.0. The molecule has 0 aliphatic carbocycles. The number of phosphoric ester groups is 1. The number of ether oxygens (including phenoxy) is 2. The minimum Gasteiger partial charge on any atom is -0.480 e. The molecule has 11 heteroatoms. The van der Waals surface area contributed by atoms with Gasteiger partial charge in [0.2, 0.25) is 0 Å². The highest BCUT2D eigenvalue weighted by molar-refractivity contribution is 7.47. The molecule has 0 fully saturated rings. The van der Waals surface area contributed by atoms with E-state index in [-0.39, 0.29) is 13.0 Å². The number of allylic oxidation sites excluding steroid dienone is 2. The molecule has 0 spiro atoms. The minimum atomic E-state index is -4.61. The molecule has 3 unspecified atom stereocenters. The van der Waals surface area contributed by atoms with Crippen LogP contribution in [0, 0.1) is 0 Å². The number of nitrogens with two attached hydrogens (primary N) is 1. The van der Waals surface area contributed by atoms with Gasteiger partial charge in [-0.2, -0.15) is 0 Å². The lowest BCUT2D eigenvalue weighted by molar-refractivity contribution is -0.154. The predicted molar refractivity (Wildman–Crippen MR) is 222 cm³/mol. The molecule has 54 heavy (non-hydrogen) atoms. The fourth-order valence-corrected chi connectivity index (χ4v) is 7.08. The van der Waals surface area contributed by atoms with Crippen LogP contribution in [0.15, 0.2) is 12.2 Å². The van der Waals surface area contributed by atoms with E-state index in [1.165, 1.54) is 141 Å². The minimum absolute atomic E-state index is 0.0211. The van der Waals surface area contributed by atoms with E-state index < -0.39 is 45.1 Å². The van der Waals surface area contributed by atoms with Crippen LogP contribution in [0.25, 0.3) is 0 Å². The van der Waals surface area contributed by atoms with Crippen molar-refractivity contribution in [1.29, 1.82) is 0 Å². The molecule has 10 nitrogen and oxygen atoms in total. The summed E-state index contributed by atoms with van der Waals surface area (Å²) in [6.45, 7) is 3.91. The Morgan fingerprint density at radius 2 is 0.963 bits per heavy atom. The summed E-state index contributed by atoms with van der Waals surface area (Å²) in [6.07, 6.45) is 41.1. The lowest BCUT2D eigenvalue weighted by atomic mass is 10.0. The van der Waals surface area contributed by atoms with Crippen LogP contribution in [0.3, 0.4) is 0 Å². The zero-order chi connectivity index (χ0) is 39.8. The molecule has 4 N–H and O–H groups in total. The molecule has 0 aliphatic rings. The van der Waals surface area contributed by atoms with Gasteiger partial charge in [0.1, 0.15) is 12.1 Å². The number of aliphatic carboxylic acids is 1. The largest absolute Gasteiger partial charge is 0.480 e. The Kier molecular flexibility index (Phi) is 39.0. The predicted octanol–water partition coefficient (Wildman–Crippen LogP) is 12.1. The summed E-state index contributed by atoms with van der Waals surface area (Å²) in [5, 5.41) is 8.89. The zero-order valence-electron chi connectivity index (χ0n) is 34.8. The quantitative estimate of drug-likeness (QED) is 0.0235. The number of unbranched alkanes of at least 4 members (excludes halogenated alkanes) is 27. The molecule has 0 aliphatic heterocycles. The first-order valence-corrected chi connectivity index (χ1v) is 23.7. The van der Waals surface area contributed by atoms with E-state index in [2.05, 4.69) is 26.0 Å². The fraction of sp³-hybridized carbons (Fsp3) is 0.907. The molecule has 0 heterocycles. The summed E-state index contributed by atoms with van der Waals surface area (Å²) >= 11 is 0. The second-order valence-electron chi connectivity index (χ2n) is 15.2. The van der Waals surface area contributed by atoms with Crippen molar-refractivity contribution in [3.8, 4) is 0 Å². The number of carboxylic acids is 1. The average Bonchev–Trinajstić information content (AvgIpc) is 3.15. The highest BCUT2D eigenvalue weighted by Crippen LogP contribution is 2.43. The van der Waals surface area contributed by atoms with E-state index in [9.17, 15) is 19.0 Å². The third kappa shape index (κ3) is 39.0. The van der Waals surface area contributed by atoms with Crippen molar-refractivity contribution in [2.75, 3.05) is 26.4 Å². The highest BCUT2D eigenvalue weighted by atomic mass is 31.2. The first kappa shape index (κ1) is 52.7. The van der Waals surface area contributed by atoms with Gasteiger partial charge in [-0.25, -0.2) is 4.57 Å². The van der Waals surface area contributed by atoms with Gasteiger partial charge in [0.15, 0.2) is 0 Å². The van der Waals surface area contributed by atoms with Crippen LogP contribution in [0.2, 0.25) is 0 Å². The maximum atomic E-state index is 12.6. The standard InChI is InChI=1S/C43H84NO9P/c1-3-5-7-9-11-13-15-17-19-20-21-23-25-27-29-31-33-35-42(45)53-40(38-51-54(48,49)52-39-41(44)43(46)47)37-50-36-34-32-30-28-26-24-22-18-16-14-12-10-8-6-4-2/h17,19,40-41H,3-16,18,20-39,44H2,1-2H3,(H,46,47)(H,48,49)/b19-17-. The molecule has 0 saturated carbocycles. The molecule has 0 aromatic rings. The topological polar surface area (TPSA) is 155 Å². The van der Waals surface area contributed by atoms with Crippen molar-refractivity contribution >= 4 is 19.8 Å². The van der Waals surface area contributed by atoms with Crippen LogP contribution in [0.5, 0.6) is 0 Å². The van der Waals surface area contributed by atoms with Gasteiger partial charge >= 0.3 is 19.8 Å². The zero-order valence-corrected chi connectivity index (χ0v) is 35.7. The van der Waals surface area contributed by atoms with E-state index in [1.807, 2.05) is 0 Å². The van der Waals surface area contributed by atoms with E-state index in [1.54, 1.807) is 0 Å². The van der Waals surface area contributed by atoms with Crippen molar-refractivity contribution in [2.45, 2.75) is 225 Å². The van der Waals surface area contributed by atoms with Crippen LogP contribution in [0.1, 0.15) is 213 Å². The van der Waals surface area contributed by atoms with Crippen molar-refractivity contribution in [3.63, 3.8) is 0 Å². The number of hydrogen-bond acceptors (Lipinski definition) is 8. The van der Waals surface area contributed by atoms with Gasteiger partial charge in [-0.05, 0) is 38.5 Å². The molecular formula is C43H84NO9P. The van der Waals surface area contributed by atoms with Gasteiger partial charge in [-0.3, -0.25) is 18.6 Å². The van der Waals surface area contributed by atoms with Gasteiger partial charge < -0.3 is 25.2 Å². The molecule has 0 aromatic heterocycles. The van der Waals surface area contributed by atoms with Gasteiger partial charge in [0, 0.05) is 13.0 Å². The molecule has 0 aromatic carbocycles. The smallest absolute Gasteiger partial charge is 0.472 e. The van der Waals surface area contributed by atoms with E-state index >= 15 is 0 Å². The Morgan fingerprint density at radius 1 is 0.574 bits per heavy atom. The summed E-state index contributed by atoms with van der Waals surface area (Å²) in [4.78, 5) is 33.5. The van der Waals surface area contributed by atoms with E-state index in [4.69, 9.17) is 29.4 Å². The first-order valence-electron chi connectivity index (χ1n) is 22.2. The number of carbonyl (C=O) groups is 2. The Balaban J connectivity index is 4.20. The van der Waals surface area contributed by atoms with Gasteiger partial charge in [-0.15, -0.1) is 0 Å². The molecule has 0 bridgehead atoms. The molecule has 0 rings (SSSR count). The second kappa shape index (κ2) is 39.9. The average molecular weight is 790 g/mol. The van der Waals surface area contributed by atoms with Crippen LogP contribution in [-0.4, -0.2) is 60.5 Å². The van der Waals surface area contributed by atoms with Crippen LogP contribution >= 0.6 is 7.82 Å². The number of phosphoric acid groups is 1. The van der Waals surface area contributed by atoms with Crippen LogP contribution in [0.4, 0.5) is 0 Å². The van der Waals surface area contributed by atoms with Crippen LogP contribution in [-0.2, 0) is 32.7 Å². The third-order valence-corrected chi connectivity index (χ3v) is 10.7. The maximum Gasteiger partial charge on any atom is 0.472 e. The van der Waals surface area contributed by atoms with E-state index in [0.29, 0.717) is 13.0 Å². The summed E-state index contributed by atoms with van der Waals surface area (Å²) in [6, 6.07) is -1.47. The Labute approximate surface area is 331 Å². The monoisotopic (exact) mass is 790 g/mol. The van der Waals surface area contributed by atoms with E-state index in [0.717, 1.165) is 44.9 Å². The molecular weight excluding hydrogens is 705 g/mol. The Hall–Kier alpha value is -1.29. The summed E-state index contributed by atoms with van der Waals surface area (Å²) in [5.74, 6) is -1.77. The molecule has 0 radical (unpaired) electrons. The summed E-state index contributed by atoms with van der Waals surface area (Å²) < 4.78 is 33.4. The van der Waals surface area contributed by atoms with Gasteiger partial charge in [0.25, 0.3) is 0 Å². The van der Waals surface area contributed by atoms with Gasteiger partial charge in [-0.1, -0.05) is 180 Å². The fourth-order valence-electron chi connectivity index (χ4n) is 6.31.